The van der Waals surface area contributed by atoms with E-state index in [1.165, 1.54) is 26.4 Å². The van der Waals surface area contributed by atoms with Crippen molar-refractivity contribution in [3.05, 3.63) is 44.4 Å². The van der Waals surface area contributed by atoms with Crippen molar-refractivity contribution in [2.24, 2.45) is 0 Å². The predicted octanol–water partition coefficient (Wildman–Crippen LogP) is 4.46. The summed E-state index contributed by atoms with van der Waals surface area (Å²) < 4.78 is 10.3. The topological polar surface area (TPSA) is 90.3 Å². The van der Waals surface area contributed by atoms with Gasteiger partial charge in [0.05, 0.1) is 45.8 Å². The van der Waals surface area contributed by atoms with Gasteiger partial charge in [-0.25, -0.2) is 4.98 Å². The van der Waals surface area contributed by atoms with Gasteiger partial charge in [0, 0.05) is 12.1 Å². The van der Waals surface area contributed by atoms with Crippen molar-refractivity contribution < 1.29 is 14.4 Å². The maximum absolute atomic E-state index is 11.2. The number of methoxy groups -OCH3 is 2. The standard InChI is InChI=1S/C15H11Cl2N3O4/c1-23-13-6-14(24-2)12(20(21)22)3-7(13)15-18-10-4-8(16)9(17)5-11(10)19-15/h3-6H,1-2H3,(H,18,19). The maximum atomic E-state index is 11.2. The van der Waals surface area contributed by atoms with E-state index in [4.69, 9.17) is 32.7 Å². The van der Waals surface area contributed by atoms with Crippen molar-refractivity contribution in [3.63, 3.8) is 0 Å². The van der Waals surface area contributed by atoms with Gasteiger partial charge in [-0.05, 0) is 12.1 Å². The van der Waals surface area contributed by atoms with E-state index < -0.39 is 4.92 Å². The highest BCUT2D eigenvalue weighted by molar-refractivity contribution is 6.42. The van der Waals surface area contributed by atoms with E-state index in [9.17, 15) is 10.1 Å². The molecule has 0 amide bonds. The molecule has 3 aromatic rings. The minimum atomic E-state index is -0.530. The van der Waals surface area contributed by atoms with E-state index >= 15 is 0 Å². The molecule has 0 saturated heterocycles. The molecule has 0 spiro atoms. The Morgan fingerprint density at radius 3 is 2.38 bits per heavy atom. The molecule has 1 N–H and O–H groups in total. The van der Waals surface area contributed by atoms with Crippen LogP contribution in [0.3, 0.4) is 0 Å². The number of nitro groups is 1. The fraction of sp³-hybridized carbons (Fsp3) is 0.133. The monoisotopic (exact) mass is 367 g/mol. The predicted molar refractivity (Wildman–Crippen MR) is 91.3 cm³/mol. The van der Waals surface area contributed by atoms with Crippen LogP contribution < -0.4 is 9.47 Å². The number of halogens is 2. The summed E-state index contributed by atoms with van der Waals surface area (Å²) in [6.45, 7) is 0. The Bertz CT molecular complexity index is 917. The highest BCUT2D eigenvalue weighted by Gasteiger charge is 2.22. The molecule has 0 aliphatic rings. The average molecular weight is 368 g/mol. The summed E-state index contributed by atoms with van der Waals surface area (Å²) in [6.07, 6.45) is 0. The summed E-state index contributed by atoms with van der Waals surface area (Å²) in [5.41, 5.74) is 1.47. The number of nitrogens with one attached hydrogen (secondary N) is 1. The average Bonchev–Trinajstić information content (AvgIpc) is 2.96. The van der Waals surface area contributed by atoms with Crippen molar-refractivity contribution in [3.8, 4) is 22.9 Å². The van der Waals surface area contributed by atoms with Crippen LogP contribution in [0.25, 0.3) is 22.4 Å². The van der Waals surface area contributed by atoms with Crippen LogP contribution in [0, 0.1) is 10.1 Å². The normalized spacial score (nSPS) is 10.8. The number of rotatable bonds is 4. The van der Waals surface area contributed by atoms with E-state index in [0.717, 1.165) is 0 Å². The van der Waals surface area contributed by atoms with Gasteiger partial charge in [0.25, 0.3) is 0 Å². The van der Waals surface area contributed by atoms with Gasteiger partial charge in [0.2, 0.25) is 5.75 Å². The number of aromatic nitrogens is 2. The minimum Gasteiger partial charge on any atom is -0.496 e. The zero-order valence-corrected chi connectivity index (χ0v) is 14.1. The number of hydrogen-bond donors (Lipinski definition) is 1. The molecule has 0 saturated carbocycles. The Kier molecular flexibility index (Phi) is 4.21. The second kappa shape index (κ2) is 6.18. The molecule has 7 nitrogen and oxygen atoms in total. The second-order valence-electron chi connectivity index (χ2n) is 4.85. The van der Waals surface area contributed by atoms with E-state index in [1.807, 2.05) is 0 Å². The highest BCUT2D eigenvalue weighted by atomic mass is 35.5. The third-order valence-corrected chi connectivity index (χ3v) is 4.20. The molecule has 0 fully saturated rings. The summed E-state index contributed by atoms with van der Waals surface area (Å²) in [7, 11) is 2.81. The van der Waals surface area contributed by atoms with Crippen molar-refractivity contribution in [1.29, 1.82) is 0 Å². The zero-order valence-electron chi connectivity index (χ0n) is 12.6. The Hall–Kier alpha value is -2.51. The molecule has 3 rings (SSSR count). The summed E-state index contributed by atoms with van der Waals surface area (Å²) >= 11 is 12.0. The van der Waals surface area contributed by atoms with Gasteiger partial charge in [0.15, 0.2) is 0 Å². The third-order valence-electron chi connectivity index (χ3n) is 3.48. The first-order valence-electron chi connectivity index (χ1n) is 6.70. The summed E-state index contributed by atoms with van der Waals surface area (Å²) in [5, 5.41) is 12.0. The number of benzene rings is 2. The molecule has 1 aromatic heterocycles. The van der Waals surface area contributed by atoms with Crippen molar-refractivity contribution in [2.75, 3.05) is 14.2 Å². The van der Waals surface area contributed by atoms with Crippen LogP contribution in [0.15, 0.2) is 24.3 Å². The molecule has 1 heterocycles. The van der Waals surface area contributed by atoms with Crippen LogP contribution in [0.1, 0.15) is 0 Å². The van der Waals surface area contributed by atoms with Crippen LogP contribution in [0.5, 0.6) is 11.5 Å². The molecule has 24 heavy (non-hydrogen) atoms. The fourth-order valence-corrected chi connectivity index (χ4v) is 2.66. The van der Waals surface area contributed by atoms with Gasteiger partial charge in [-0.15, -0.1) is 0 Å². The molecule has 0 unspecified atom stereocenters. The quantitative estimate of drug-likeness (QED) is 0.542. The van der Waals surface area contributed by atoms with E-state index in [1.54, 1.807) is 12.1 Å². The molecule has 0 bridgehead atoms. The van der Waals surface area contributed by atoms with Crippen LogP contribution in [-0.4, -0.2) is 29.1 Å². The van der Waals surface area contributed by atoms with Gasteiger partial charge in [-0.2, -0.15) is 0 Å². The molecule has 2 aromatic carbocycles. The van der Waals surface area contributed by atoms with Crippen molar-refractivity contribution in [2.45, 2.75) is 0 Å². The van der Waals surface area contributed by atoms with Crippen LogP contribution in [0.2, 0.25) is 10.0 Å². The smallest absolute Gasteiger partial charge is 0.311 e. The number of H-pyrrole nitrogens is 1. The lowest BCUT2D eigenvalue weighted by Gasteiger charge is -2.09. The molecule has 124 valence electrons. The maximum Gasteiger partial charge on any atom is 0.311 e. The molecular formula is C15H11Cl2N3O4. The van der Waals surface area contributed by atoms with E-state index in [-0.39, 0.29) is 11.4 Å². The summed E-state index contributed by atoms with van der Waals surface area (Å²) in [5.74, 6) is 0.877. The van der Waals surface area contributed by atoms with E-state index in [0.29, 0.717) is 38.2 Å². The van der Waals surface area contributed by atoms with Crippen molar-refractivity contribution >= 4 is 39.9 Å². The lowest BCUT2D eigenvalue weighted by Crippen LogP contribution is -1.97. The Morgan fingerprint density at radius 1 is 1.08 bits per heavy atom. The van der Waals surface area contributed by atoms with Gasteiger partial charge in [0.1, 0.15) is 11.6 Å². The first kappa shape index (κ1) is 16.4. The highest BCUT2D eigenvalue weighted by Crippen LogP contribution is 2.39. The zero-order chi connectivity index (χ0) is 17.4. The Balaban J connectivity index is 2.24. The molecule has 9 heteroatoms. The van der Waals surface area contributed by atoms with Gasteiger partial charge >= 0.3 is 5.69 Å². The number of nitro benzene ring substituents is 1. The number of fused-ring (bicyclic) bond motifs is 1. The fourth-order valence-electron chi connectivity index (χ4n) is 2.34. The second-order valence-corrected chi connectivity index (χ2v) is 5.66. The van der Waals surface area contributed by atoms with Crippen LogP contribution in [0.4, 0.5) is 5.69 Å². The number of nitrogens with zero attached hydrogens (tertiary/aromatic N) is 2. The lowest BCUT2D eigenvalue weighted by molar-refractivity contribution is -0.385. The lowest BCUT2D eigenvalue weighted by atomic mass is 10.1. The third kappa shape index (κ3) is 2.72. The molecule has 0 atom stereocenters. The van der Waals surface area contributed by atoms with E-state index in [2.05, 4.69) is 9.97 Å². The number of aromatic amines is 1. The first-order valence-corrected chi connectivity index (χ1v) is 7.45. The van der Waals surface area contributed by atoms with Crippen molar-refractivity contribution in [1.82, 2.24) is 9.97 Å². The van der Waals surface area contributed by atoms with Gasteiger partial charge in [-0.3, -0.25) is 10.1 Å². The largest absolute Gasteiger partial charge is 0.496 e. The summed E-state index contributed by atoms with van der Waals surface area (Å²) in [4.78, 5) is 18.2. The minimum absolute atomic E-state index is 0.0998. The number of imidazole rings is 1. The van der Waals surface area contributed by atoms with Gasteiger partial charge in [-0.1, -0.05) is 23.2 Å². The van der Waals surface area contributed by atoms with Gasteiger partial charge < -0.3 is 14.5 Å². The molecule has 0 aliphatic heterocycles. The number of hydrogen-bond acceptors (Lipinski definition) is 5. The number of ether oxygens (including phenoxy) is 2. The molecule has 0 aliphatic carbocycles. The SMILES string of the molecule is COc1cc(OC)c([N+](=O)[O-])cc1-c1nc2cc(Cl)c(Cl)cc2[nH]1. The van der Waals surface area contributed by atoms with Crippen LogP contribution >= 0.6 is 23.2 Å². The summed E-state index contributed by atoms with van der Waals surface area (Å²) in [6, 6.07) is 6.04. The van der Waals surface area contributed by atoms with Crippen LogP contribution in [-0.2, 0) is 0 Å². The molecular weight excluding hydrogens is 357 g/mol. The Labute approximate surface area is 146 Å². The molecule has 0 radical (unpaired) electrons. The Morgan fingerprint density at radius 2 is 1.75 bits per heavy atom. The first-order chi connectivity index (χ1) is 11.4.